The molecular formula is C58H98O6. The molecule has 1 unspecified atom stereocenters. The van der Waals surface area contributed by atoms with Gasteiger partial charge in [-0.05, 0) is 96.3 Å². The summed E-state index contributed by atoms with van der Waals surface area (Å²) in [5, 5.41) is 0. The highest BCUT2D eigenvalue weighted by Crippen LogP contribution is 2.13. The number of hydrogen-bond acceptors (Lipinski definition) is 6. The Hall–Kier alpha value is -3.41. The lowest BCUT2D eigenvalue weighted by atomic mass is 10.1. The van der Waals surface area contributed by atoms with Crippen LogP contribution >= 0.6 is 0 Å². The Bertz CT molecular complexity index is 1250. The molecule has 0 saturated heterocycles. The number of ether oxygens (including phenoxy) is 3. The molecule has 0 aliphatic rings. The zero-order chi connectivity index (χ0) is 46.5. The highest BCUT2D eigenvalue weighted by molar-refractivity contribution is 5.71. The van der Waals surface area contributed by atoms with Gasteiger partial charge in [0.25, 0.3) is 0 Å². The van der Waals surface area contributed by atoms with Crippen molar-refractivity contribution in [3.63, 3.8) is 0 Å². The molecule has 6 heteroatoms. The van der Waals surface area contributed by atoms with Crippen molar-refractivity contribution in [3.05, 3.63) is 85.1 Å². The monoisotopic (exact) mass is 891 g/mol. The van der Waals surface area contributed by atoms with Crippen molar-refractivity contribution in [2.75, 3.05) is 13.2 Å². The molecule has 0 fully saturated rings. The minimum absolute atomic E-state index is 0.102. The molecule has 1 atom stereocenters. The Morgan fingerprint density at radius 1 is 0.344 bits per heavy atom. The minimum atomic E-state index is -0.805. The van der Waals surface area contributed by atoms with Crippen LogP contribution in [0.2, 0.25) is 0 Å². The average molecular weight is 891 g/mol. The van der Waals surface area contributed by atoms with Crippen LogP contribution in [-0.2, 0) is 28.6 Å². The van der Waals surface area contributed by atoms with Gasteiger partial charge in [-0.2, -0.15) is 0 Å². The molecule has 0 radical (unpaired) electrons. The Morgan fingerprint density at radius 2 is 0.672 bits per heavy atom. The number of esters is 3. The van der Waals surface area contributed by atoms with E-state index in [-0.39, 0.29) is 37.5 Å². The molecule has 366 valence electrons. The van der Waals surface area contributed by atoms with Gasteiger partial charge >= 0.3 is 17.9 Å². The second kappa shape index (κ2) is 52.2. The van der Waals surface area contributed by atoms with Gasteiger partial charge in [0.05, 0.1) is 0 Å². The van der Waals surface area contributed by atoms with Gasteiger partial charge in [0, 0.05) is 19.3 Å². The third kappa shape index (κ3) is 49.6. The van der Waals surface area contributed by atoms with Gasteiger partial charge in [-0.15, -0.1) is 0 Å². The van der Waals surface area contributed by atoms with Gasteiger partial charge in [0.15, 0.2) is 6.10 Å². The van der Waals surface area contributed by atoms with Crippen LogP contribution in [0.4, 0.5) is 0 Å². The minimum Gasteiger partial charge on any atom is -0.462 e. The molecule has 6 nitrogen and oxygen atoms in total. The Labute approximate surface area is 395 Å². The number of hydrogen-bond donors (Lipinski definition) is 0. The smallest absolute Gasteiger partial charge is 0.306 e. The van der Waals surface area contributed by atoms with E-state index < -0.39 is 6.10 Å². The summed E-state index contributed by atoms with van der Waals surface area (Å²) < 4.78 is 16.8. The number of unbranched alkanes of at least 4 members (excludes halogenated alkanes) is 25. The number of allylic oxidation sites excluding steroid dienone is 14. The topological polar surface area (TPSA) is 78.9 Å². The predicted molar refractivity (Wildman–Crippen MR) is 274 cm³/mol. The summed E-state index contributed by atoms with van der Waals surface area (Å²) >= 11 is 0. The van der Waals surface area contributed by atoms with E-state index in [1.54, 1.807) is 0 Å². The summed E-state index contributed by atoms with van der Waals surface area (Å²) in [6.45, 7) is 6.45. The van der Waals surface area contributed by atoms with Crippen molar-refractivity contribution in [1.29, 1.82) is 0 Å². The van der Waals surface area contributed by atoms with E-state index in [4.69, 9.17) is 14.2 Å². The first-order chi connectivity index (χ1) is 31.5. The standard InChI is InChI=1S/C58H98O6/c1-4-7-10-13-16-19-22-25-27-29-30-32-33-36-39-42-45-48-51-57(60)63-54-55(53-62-56(59)50-47-44-41-38-35-24-21-18-15-12-9-6-3)64-58(61)52-49-46-43-40-37-34-31-28-26-23-20-17-14-11-8-5-2/h9,12,18,21-22,25,27-32,34,37,55H,4-8,10-11,13-17,19-20,23-24,26,33,35-36,38-54H2,1-3H3/b12-9-,21-18-,25-22-,29-27-,31-28-,32-30-,37-34-. The maximum atomic E-state index is 12.8. The second-order valence-corrected chi connectivity index (χ2v) is 17.5. The van der Waals surface area contributed by atoms with Crippen LogP contribution in [0.3, 0.4) is 0 Å². The molecule has 0 bridgehead atoms. The van der Waals surface area contributed by atoms with Crippen LogP contribution in [0, 0.1) is 0 Å². The third-order valence-electron chi connectivity index (χ3n) is 11.2. The van der Waals surface area contributed by atoms with E-state index in [1.807, 2.05) is 0 Å². The van der Waals surface area contributed by atoms with E-state index in [9.17, 15) is 14.4 Å². The van der Waals surface area contributed by atoms with E-state index in [2.05, 4.69) is 106 Å². The van der Waals surface area contributed by atoms with Crippen molar-refractivity contribution >= 4 is 17.9 Å². The highest BCUT2D eigenvalue weighted by Gasteiger charge is 2.19. The molecule has 0 saturated carbocycles. The molecule has 0 aromatic carbocycles. The lowest BCUT2D eigenvalue weighted by Gasteiger charge is -2.18. The molecule has 0 aromatic heterocycles. The van der Waals surface area contributed by atoms with Gasteiger partial charge in [-0.25, -0.2) is 0 Å². The molecule has 64 heavy (non-hydrogen) atoms. The maximum Gasteiger partial charge on any atom is 0.306 e. The fraction of sp³-hybridized carbons (Fsp3) is 0.707. The maximum absolute atomic E-state index is 12.8. The Balaban J connectivity index is 4.47. The largest absolute Gasteiger partial charge is 0.462 e. The van der Waals surface area contributed by atoms with Crippen LogP contribution < -0.4 is 0 Å². The van der Waals surface area contributed by atoms with E-state index >= 15 is 0 Å². The lowest BCUT2D eigenvalue weighted by Crippen LogP contribution is -2.30. The molecule has 0 heterocycles. The van der Waals surface area contributed by atoms with Crippen molar-refractivity contribution in [1.82, 2.24) is 0 Å². The normalized spacial score (nSPS) is 12.7. The predicted octanol–water partition coefficient (Wildman–Crippen LogP) is 17.6. The van der Waals surface area contributed by atoms with Crippen LogP contribution in [0.25, 0.3) is 0 Å². The first kappa shape index (κ1) is 60.6. The molecule has 0 amide bonds. The van der Waals surface area contributed by atoms with Crippen molar-refractivity contribution < 1.29 is 28.6 Å². The average Bonchev–Trinajstić information content (AvgIpc) is 3.29. The van der Waals surface area contributed by atoms with Gasteiger partial charge in [-0.3, -0.25) is 14.4 Å². The number of carbonyl (C=O) groups excluding carboxylic acids is 3. The van der Waals surface area contributed by atoms with E-state index in [1.165, 1.54) is 77.0 Å². The summed E-state index contributed by atoms with van der Waals surface area (Å²) in [5.74, 6) is -0.962. The fourth-order valence-corrected chi connectivity index (χ4v) is 7.18. The van der Waals surface area contributed by atoms with E-state index in [0.717, 1.165) is 128 Å². The Kier molecular flexibility index (Phi) is 49.4. The van der Waals surface area contributed by atoms with Gasteiger partial charge in [0.1, 0.15) is 13.2 Å². The van der Waals surface area contributed by atoms with Gasteiger partial charge in [-0.1, -0.05) is 215 Å². The Morgan fingerprint density at radius 3 is 1.09 bits per heavy atom. The van der Waals surface area contributed by atoms with Crippen LogP contribution in [-0.4, -0.2) is 37.2 Å². The van der Waals surface area contributed by atoms with Crippen LogP contribution in [0.15, 0.2) is 85.1 Å². The molecule has 0 aliphatic carbocycles. The summed E-state index contributed by atoms with van der Waals surface area (Å²) in [5.41, 5.74) is 0. The van der Waals surface area contributed by atoms with Crippen molar-refractivity contribution in [3.8, 4) is 0 Å². The summed E-state index contributed by atoms with van der Waals surface area (Å²) in [7, 11) is 0. The van der Waals surface area contributed by atoms with Crippen LogP contribution in [0.1, 0.15) is 245 Å². The molecular weight excluding hydrogens is 793 g/mol. The van der Waals surface area contributed by atoms with Crippen molar-refractivity contribution in [2.24, 2.45) is 0 Å². The first-order valence-electron chi connectivity index (χ1n) is 26.6. The SMILES string of the molecule is CC/C=C\C/C=C\CCCCCCCC(=O)OCC(COC(=O)CCCCCCC\C=C/C=C\C=C/CCCCCCC)OC(=O)CCCCC/C=C\C=C/CCCCCCCCC. The molecule has 0 rings (SSSR count). The first-order valence-corrected chi connectivity index (χ1v) is 26.6. The summed E-state index contributed by atoms with van der Waals surface area (Å²) in [4.78, 5) is 38.0. The van der Waals surface area contributed by atoms with Gasteiger partial charge < -0.3 is 14.2 Å². The molecule has 0 N–H and O–H groups in total. The second-order valence-electron chi connectivity index (χ2n) is 17.5. The zero-order valence-electron chi connectivity index (χ0n) is 41.8. The summed E-state index contributed by atoms with van der Waals surface area (Å²) in [6.07, 6.45) is 67.1. The molecule has 0 aromatic rings. The van der Waals surface area contributed by atoms with E-state index in [0.29, 0.717) is 12.8 Å². The van der Waals surface area contributed by atoms with Crippen molar-refractivity contribution in [2.45, 2.75) is 252 Å². The summed E-state index contributed by atoms with van der Waals surface area (Å²) in [6, 6.07) is 0. The van der Waals surface area contributed by atoms with Gasteiger partial charge in [0.2, 0.25) is 0 Å². The lowest BCUT2D eigenvalue weighted by molar-refractivity contribution is -0.167. The molecule has 0 aliphatic heterocycles. The number of carbonyl (C=O) groups is 3. The molecule has 0 spiro atoms. The third-order valence-corrected chi connectivity index (χ3v) is 11.2. The number of rotatable bonds is 47. The quantitative estimate of drug-likeness (QED) is 0.0199. The van der Waals surface area contributed by atoms with Crippen LogP contribution in [0.5, 0.6) is 0 Å². The fourth-order valence-electron chi connectivity index (χ4n) is 7.18. The zero-order valence-corrected chi connectivity index (χ0v) is 41.8. The highest BCUT2D eigenvalue weighted by atomic mass is 16.6.